The van der Waals surface area contributed by atoms with Crippen LogP contribution in [0.1, 0.15) is 12.6 Å². The first kappa shape index (κ1) is 19.5. The van der Waals surface area contributed by atoms with E-state index in [4.69, 9.17) is 0 Å². The minimum atomic E-state index is -1.20. The van der Waals surface area contributed by atoms with Gasteiger partial charge in [-0.05, 0) is 30.8 Å². The van der Waals surface area contributed by atoms with E-state index in [0.717, 1.165) is 23.0 Å². The third-order valence-electron chi connectivity index (χ3n) is 3.28. The molecule has 2 rings (SSSR count). The number of carbonyl (C=O) groups excluding carboxylic acids is 1. The first-order valence-corrected chi connectivity index (χ1v) is 10.2. The maximum Gasteiger partial charge on any atom is 0.155 e. The van der Waals surface area contributed by atoms with Crippen molar-refractivity contribution in [3.05, 3.63) is 66.1 Å². The normalized spacial score (nSPS) is 12.3. The molecule has 1 unspecified atom stereocenters. The Kier molecular flexibility index (Phi) is 8.10. The van der Waals surface area contributed by atoms with Crippen LogP contribution in [0.2, 0.25) is 12.6 Å². The van der Waals surface area contributed by atoms with Crippen molar-refractivity contribution in [1.82, 2.24) is 4.98 Å². The van der Waals surface area contributed by atoms with Crippen molar-refractivity contribution >= 4 is 14.6 Å². The third-order valence-corrected chi connectivity index (χ3v) is 5.51. The number of allylic oxidation sites excluding steroid dienone is 2. The zero-order valence-electron chi connectivity index (χ0n) is 13.2. The Balaban J connectivity index is 0.00000264. The summed E-state index contributed by atoms with van der Waals surface area (Å²) in [5, 5.41) is 9.75. The molecular weight excluding hydrogens is 483 g/mol. The summed E-state index contributed by atoms with van der Waals surface area (Å²) in [7, 11) is -1.20. The van der Waals surface area contributed by atoms with E-state index in [9.17, 15) is 9.90 Å². The van der Waals surface area contributed by atoms with E-state index < -0.39 is 8.80 Å². The molecular formula is C18H20IrNO2Si-. The molecule has 0 aliphatic carbocycles. The van der Waals surface area contributed by atoms with Gasteiger partial charge in [0.05, 0.1) is 5.76 Å². The van der Waals surface area contributed by atoms with Crippen molar-refractivity contribution in [3.8, 4) is 11.3 Å². The summed E-state index contributed by atoms with van der Waals surface area (Å²) in [6.07, 6.45) is 1.31. The average Bonchev–Trinajstić information content (AvgIpc) is 2.47. The van der Waals surface area contributed by atoms with Crippen LogP contribution in [0.5, 0.6) is 0 Å². The summed E-state index contributed by atoms with van der Waals surface area (Å²) in [6.45, 7) is 3.62. The van der Waals surface area contributed by atoms with Gasteiger partial charge < -0.3 is 10.1 Å². The molecule has 0 aliphatic rings. The van der Waals surface area contributed by atoms with Crippen LogP contribution in [-0.2, 0) is 30.9 Å². The molecule has 0 saturated carbocycles. The monoisotopic (exact) mass is 503 g/mol. The van der Waals surface area contributed by atoms with Gasteiger partial charge >= 0.3 is 0 Å². The van der Waals surface area contributed by atoms with Crippen LogP contribution in [0.25, 0.3) is 11.3 Å². The number of hydrogen-bond donors (Lipinski definition) is 1. The molecule has 1 N–H and O–H groups in total. The second-order valence-electron chi connectivity index (χ2n) is 5.55. The predicted molar refractivity (Wildman–Crippen MR) is 91.4 cm³/mol. The summed E-state index contributed by atoms with van der Waals surface area (Å²) in [5.74, 6) is 0.0812. The summed E-state index contributed by atoms with van der Waals surface area (Å²) in [4.78, 5) is 15.6. The number of rotatable bonds is 6. The second kappa shape index (κ2) is 9.56. The fourth-order valence-electron chi connectivity index (χ4n) is 2.38. The number of nitrogens with zero attached hydrogens (tertiary/aromatic N) is 1. The molecule has 1 heterocycles. The Labute approximate surface area is 152 Å². The summed E-state index contributed by atoms with van der Waals surface area (Å²) >= 11 is 0. The quantitative estimate of drug-likeness (QED) is 0.285. The first-order valence-electron chi connectivity index (χ1n) is 7.37. The fourth-order valence-corrected chi connectivity index (χ4v) is 4.29. The molecule has 0 amide bonds. The molecule has 2 aromatic rings. The predicted octanol–water partition coefficient (Wildman–Crippen LogP) is 3.52. The zero-order chi connectivity index (χ0) is 15.9. The molecule has 3 nitrogen and oxygen atoms in total. The van der Waals surface area contributed by atoms with Crippen molar-refractivity contribution in [1.29, 1.82) is 0 Å². The van der Waals surface area contributed by atoms with Gasteiger partial charge in [0.15, 0.2) is 5.78 Å². The van der Waals surface area contributed by atoms with Crippen molar-refractivity contribution in [2.24, 2.45) is 0 Å². The van der Waals surface area contributed by atoms with Crippen molar-refractivity contribution < 1.29 is 30.0 Å². The SMILES string of the molecule is CC(=O)C=C(O)C[SiH](C)Cc1cccc(-c2[c-]cccc2)n1.[Ir]. The van der Waals surface area contributed by atoms with E-state index in [-0.39, 0.29) is 31.6 Å². The molecule has 1 atom stereocenters. The van der Waals surface area contributed by atoms with Gasteiger partial charge in [-0.3, -0.25) is 4.79 Å². The second-order valence-corrected chi connectivity index (χ2v) is 8.58. The van der Waals surface area contributed by atoms with Crippen LogP contribution in [0, 0.1) is 6.07 Å². The summed E-state index contributed by atoms with van der Waals surface area (Å²) in [5.41, 5.74) is 2.94. The van der Waals surface area contributed by atoms with Crippen LogP contribution in [0.4, 0.5) is 0 Å². The molecule has 0 spiro atoms. The first-order chi connectivity index (χ1) is 10.5. The Hall–Kier alpha value is -1.55. The molecule has 123 valence electrons. The number of aliphatic hydroxyl groups is 1. The molecule has 23 heavy (non-hydrogen) atoms. The van der Waals surface area contributed by atoms with Gasteiger partial charge in [-0.1, -0.05) is 18.7 Å². The molecule has 0 aliphatic heterocycles. The Morgan fingerprint density at radius 2 is 2.09 bits per heavy atom. The van der Waals surface area contributed by atoms with Crippen LogP contribution >= 0.6 is 0 Å². The maximum atomic E-state index is 11.0. The van der Waals surface area contributed by atoms with Crippen molar-refractivity contribution in [3.63, 3.8) is 0 Å². The van der Waals surface area contributed by atoms with E-state index in [1.807, 2.05) is 42.5 Å². The topological polar surface area (TPSA) is 50.2 Å². The summed E-state index contributed by atoms with van der Waals surface area (Å²) < 4.78 is 0. The standard InChI is InChI=1S/C18H20NO2Si.Ir/c1-14(20)11-17(21)13-22(2)12-16-9-6-10-18(19-16)15-7-4-3-5-8-15;/h3-7,9-11,21-22H,12-13H2,1-2H3;/q-1;. The molecule has 1 aromatic carbocycles. The Morgan fingerprint density at radius 1 is 1.30 bits per heavy atom. The molecule has 0 bridgehead atoms. The summed E-state index contributed by atoms with van der Waals surface area (Å²) in [6, 6.07) is 18.5. The van der Waals surface area contributed by atoms with Gasteiger partial charge in [-0.15, -0.1) is 35.9 Å². The van der Waals surface area contributed by atoms with Gasteiger partial charge in [-0.2, -0.15) is 0 Å². The zero-order valence-corrected chi connectivity index (χ0v) is 16.8. The van der Waals surface area contributed by atoms with Gasteiger partial charge in [0.2, 0.25) is 0 Å². The number of benzene rings is 1. The largest absolute Gasteiger partial charge is 0.513 e. The fraction of sp³-hybridized carbons (Fsp3) is 0.222. The van der Waals surface area contributed by atoms with E-state index >= 15 is 0 Å². The minimum absolute atomic E-state index is 0. The van der Waals surface area contributed by atoms with Crippen LogP contribution < -0.4 is 0 Å². The van der Waals surface area contributed by atoms with Gasteiger partial charge in [0, 0.05) is 40.7 Å². The molecule has 1 aromatic heterocycles. The third kappa shape index (κ3) is 6.61. The van der Waals surface area contributed by atoms with Crippen molar-refractivity contribution in [2.45, 2.75) is 25.6 Å². The number of aromatic nitrogens is 1. The number of ketones is 1. The smallest absolute Gasteiger partial charge is 0.155 e. The van der Waals surface area contributed by atoms with E-state index in [0.29, 0.717) is 6.04 Å². The Morgan fingerprint density at radius 3 is 2.74 bits per heavy atom. The van der Waals surface area contributed by atoms with Gasteiger partial charge in [-0.25, -0.2) is 0 Å². The molecule has 0 saturated heterocycles. The van der Waals surface area contributed by atoms with Crippen LogP contribution in [0.3, 0.4) is 0 Å². The van der Waals surface area contributed by atoms with E-state index in [1.165, 1.54) is 13.0 Å². The molecule has 0 fully saturated rings. The Bertz CT molecular complexity index is 674. The number of hydrogen-bond acceptors (Lipinski definition) is 3. The number of aliphatic hydroxyl groups excluding tert-OH is 1. The average molecular weight is 503 g/mol. The van der Waals surface area contributed by atoms with Crippen molar-refractivity contribution in [2.75, 3.05) is 0 Å². The van der Waals surface area contributed by atoms with E-state index in [1.54, 1.807) is 0 Å². The van der Waals surface area contributed by atoms with Crippen LogP contribution in [-0.4, -0.2) is 24.7 Å². The van der Waals surface area contributed by atoms with Gasteiger partial charge in [0.25, 0.3) is 0 Å². The molecule has 5 heteroatoms. The molecule has 1 radical (unpaired) electrons. The number of carbonyl (C=O) groups is 1. The maximum absolute atomic E-state index is 11.0. The van der Waals surface area contributed by atoms with Gasteiger partial charge in [0.1, 0.15) is 0 Å². The minimum Gasteiger partial charge on any atom is -0.513 e. The van der Waals surface area contributed by atoms with Crippen LogP contribution in [0.15, 0.2) is 54.3 Å². The van der Waals surface area contributed by atoms with E-state index in [2.05, 4.69) is 17.6 Å². The number of pyridine rings is 1.